The van der Waals surface area contributed by atoms with Gasteiger partial charge < -0.3 is 20.1 Å². The van der Waals surface area contributed by atoms with Crippen molar-refractivity contribution in [2.75, 3.05) is 20.6 Å². The normalized spacial score (nSPS) is 25.2. The van der Waals surface area contributed by atoms with Crippen LogP contribution in [0.5, 0.6) is 0 Å². The molecule has 1 unspecified atom stereocenters. The fourth-order valence-corrected chi connectivity index (χ4v) is 7.82. The molecule has 1 spiro atoms. The summed E-state index contributed by atoms with van der Waals surface area (Å²) in [7, 11) is 3.17. The van der Waals surface area contributed by atoms with E-state index in [0.29, 0.717) is 48.6 Å². The van der Waals surface area contributed by atoms with Gasteiger partial charge in [0.1, 0.15) is 11.7 Å². The molecule has 2 fully saturated rings. The highest BCUT2D eigenvalue weighted by Crippen LogP contribution is 2.54. The number of fused-ring (bicyclic) bond motifs is 7. The minimum atomic E-state index is -1.05. The molecule has 1 aromatic heterocycles. The summed E-state index contributed by atoms with van der Waals surface area (Å²) < 4.78 is 7.19. The van der Waals surface area contributed by atoms with Crippen molar-refractivity contribution in [3.05, 3.63) is 86.2 Å². The number of carbonyl (C=O) groups excluding carboxylic acids is 3. The predicted octanol–water partition coefficient (Wildman–Crippen LogP) is 1.17. The number of hydrogen-bond acceptors (Lipinski definition) is 8. The summed E-state index contributed by atoms with van der Waals surface area (Å²) in [4.78, 5) is 57.6. The Morgan fingerprint density at radius 3 is 2.20 bits per heavy atom. The number of benzene rings is 2. The van der Waals surface area contributed by atoms with Gasteiger partial charge in [-0.2, -0.15) is 15.0 Å². The Labute approximate surface area is 253 Å². The molecule has 3 aromatic rings. The lowest BCUT2D eigenvalue weighted by Gasteiger charge is -2.34. The summed E-state index contributed by atoms with van der Waals surface area (Å²) in [6.07, 6.45) is 3.14. The topological polar surface area (TPSA) is 162 Å². The van der Waals surface area contributed by atoms with E-state index in [-0.39, 0.29) is 30.3 Å². The first-order valence-electron chi connectivity index (χ1n) is 14.9. The highest BCUT2D eigenvalue weighted by molar-refractivity contribution is 5.95. The smallest absolute Gasteiger partial charge is 0.355 e. The molecule has 2 aliphatic carbocycles. The van der Waals surface area contributed by atoms with Gasteiger partial charge >= 0.3 is 5.76 Å². The van der Waals surface area contributed by atoms with E-state index in [1.54, 1.807) is 31.1 Å². The van der Waals surface area contributed by atoms with E-state index in [0.717, 1.165) is 28.7 Å². The van der Waals surface area contributed by atoms with Crippen molar-refractivity contribution >= 4 is 17.7 Å². The quantitative estimate of drug-likeness (QED) is 0.396. The number of rotatable bonds is 5. The summed E-state index contributed by atoms with van der Waals surface area (Å²) in [5.74, 6) is -0.579. The molecule has 3 N–H and O–H groups in total. The zero-order valence-electron chi connectivity index (χ0n) is 24.8. The molecule has 12 nitrogen and oxygen atoms in total. The number of hydrogen-bond donors (Lipinski definition) is 3. The maximum absolute atomic E-state index is 13.5. The van der Waals surface area contributed by atoms with Crippen LogP contribution in [-0.2, 0) is 28.7 Å². The number of aromatic nitrogens is 2. The predicted molar refractivity (Wildman–Crippen MR) is 157 cm³/mol. The van der Waals surface area contributed by atoms with Crippen LogP contribution in [0, 0.1) is 17.2 Å². The second-order valence-corrected chi connectivity index (χ2v) is 12.4. The zero-order chi connectivity index (χ0) is 31.0. The molecular formula is C32H33N7O5. The lowest BCUT2D eigenvalue weighted by Crippen LogP contribution is -2.50. The molecule has 1 saturated heterocycles. The first-order chi connectivity index (χ1) is 21.1. The van der Waals surface area contributed by atoms with Crippen molar-refractivity contribution in [2.45, 2.75) is 62.2 Å². The number of likely N-dealkylation sites (tertiary alicyclic amines) is 1. The van der Waals surface area contributed by atoms with Crippen molar-refractivity contribution in [1.82, 2.24) is 30.6 Å². The number of nitrogens with one attached hydrogen (secondary N) is 3. The first kappa shape index (κ1) is 28.0. The SMILES string of the molecule is CNC(=O)c1ccc2c(c1)CCc1cc(C(=O)NC)ccc1C21C[C@](C)(NCC(=O)N2C(C#N)C[C@@H]3C[C@@H]32)n2oc(=O)nc21. The summed E-state index contributed by atoms with van der Waals surface area (Å²) in [5.41, 5.74) is 2.56. The Hall–Kier alpha value is -4.76. The van der Waals surface area contributed by atoms with Crippen LogP contribution in [0.3, 0.4) is 0 Å². The van der Waals surface area contributed by atoms with E-state index in [1.165, 1.54) is 4.74 Å². The van der Waals surface area contributed by atoms with Crippen LogP contribution >= 0.6 is 0 Å². The van der Waals surface area contributed by atoms with Crippen molar-refractivity contribution in [1.29, 1.82) is 5.26 Å². The monoisotopic (exact) mass is 595 g/mol. The van der Waals surface area contributed by atoms with Crippen LogP contribution in [0.2, 0.25) is 0 Å². The van der Waals surface area contributed by atoms with Crippen LogP contribution < -0.4 is 21.7 Å². The van der Waals surface area contributed by atoms with E-state index in [9.17, 15) is 24.4 Å². The zero-order valence-corrected chi connectivity index (χ0v) is 24.8. The first-order valence-corrected chi connectivity index (χ1v) is 14.9. The van der Waals surface area contributed by atoms with Crippen molar-refractivity contribution in [3.8, 4) is 6.07 Å². The molecule has 3 amide bonds. The van der Waals surface area contributed by atoms with Crippen molar-refractivity contribution in [2.24, 2.45) is 5.92 Å². The molecule has 4 atom stereocenters. The number of nitriles is 1. The van der Waals surface area contributed by atoms with Gasteiger partial charge in [0.15, 0.2) is 5.82 Å². The minimum absolute atomic E-state index is 0.0553. The Bertz CT molecular complexity index is 1770. The van der Waals surface area contributed by atoms with Crippen LogP contribution in [-0.4, -0.2) is 65.1 Å². The maximum Gasteiger partial charge on any atom is 0.460 e. The highest BCUT2D eigenvalue weighted by atomic mass is 16.5. The molecule has 0 bridgehead atoms. The summed E-state index contributed by atoms with van der Waals surface area (Å²) in [5, 5.41) is 18.4. The second kappa shape index (κ2) is 9.89. The lowest BCUT2D eigenvalue weighted by atomic mass is 9.69. The van der Waals surface area contributed by atoms with E-state index in [4.69, 9.17) is 4.52 Å². The Morgan fingerprint density at radius 1 is 1.02 bits per heavy atom. The van der Waals surface area contributed by atoms with Gasteiger partial charge in [0.2, 0.25) is 5.91 Å². The fraction of sp³-hybridized carbons (Fsp3) is 0.438. The molecule has 226 valence electrons. The molecule has 0 radical (unpaired) electrons. The van der Waals surface area contributed by atoms with E-state index < -0.39 is 22.9 Å². The molecule has 12 heteroatoms. The second-order valence-electron chi connectivity index (χ2n) is 12.4. The number of carbonyl (C=O) groups is 3. The molecule has 4 aliphatic rings. The molecule has 44 heavy (non-hydrogen) atoms. The highest BCUT2D eigenvalue weighted by Gasteiger charge is 2.58. The molecule has 2 aliphatic heterocycles. The van der Waals surface area contributed by atoms with Gasteiger partial charge in [0, 0.05) is 37.7 Å². The summed E-state index contributed by atoms with van der Waals surface area (Å²) in [6.45, 7) is 1.82. The maximum atomic E-state index is 13.5. The third kappa shape index (κ3) is 4.02. The van der Waals surface area contributed by atoms with Gasteiger partial charge in [-0.25, -0.2) is 4.79 Å². The summed E-state index contributed by atoms with van der Waals surface area (Å²) >= 11 is 0. The third-order valence-corrected chi connectivity index (χ3v) is 9.93. The van der Waals surface area contributed by atoms with Gasteiger partial charge in [0.05, 0.1) is 18.0 Å². The molecule has 2 aromatic carbocycles. The standard InChI is InChI=1S/C32H33N7O5/c1-31(36-15-26(40)38-22(14-33)12-21-13-25(21)38)16-32(29-37-30(43)44-39(29)31)23-8-6-19(27(41)34-2)10-17(23)4-5-18-11-20(28(42)35-3)7-9-24(18)32/h6-11,21-22,25,36H,4-5,12-13,15-16H2,1-3H3,(H,34,41)(H,35,42)/t21-,22?,25+,31-/m1/s1. The van der Waals surface area contributed by atoms with Crippen LogP contribution in [0.15, 0.2) is 45.7 Å². The number of nitrogens with zero attached hydrogens (tertiary/aromatic N) is 4. The molecule has 3 heterocycles. The number of amides is 3. The fourth-order valence-electron chi connectivity index (χ4n) is 7.82. The van der Waals surface area contributed by atoms with E-state index >= 15 is 0 Å². The minimum Gasteiger partial charge on any atom is -0.355 e. The van der Waals surface area contributed by atoms with Crippen molar-refractivity contribution < 1.29 is 18.9 Å². The van der Waals surface area contributed by atoms with Gasteiger partial charge in [-0.3, -0.25) is 19.7 Å². The van der Waals surface area contributed by atoms with Gasteiger partial charge in [-0.05, 0) is 85.0 Å². The van der Waals surface area contributed by atoms with E-state index in [1.807, 2.05) is 31.2 Å². The Kier molecular flexibility index (Phi) is 6.30. The number of piperidine rings is 1. The average molecular weight is 596 g/mol. The Morgan fingerprint density at radius 2 is 1.64 bits per heavy atom. The molecular weight excluding hydrogens is 562 g/mol. The number of aryl methyl sites for hydroxylation is 2. The van der Waals surface area contributed by atoms with Gasteiger partial charge in [0.25, 0.3) is 11.8 Å². The molecule has 7 rings (SSSR count). The largest absolute Gasteiger partial charge is 0.460 e. The van der Waals surface area contributed by atoms with Gasteiger partial charge in [-0.15, -0.1) is 0 Å². The van der Waals surface area contributed by atoms with E-state index in [2.05, 4.69) is 27.0 Å². The Balaban J connectivity index is 1.35. The van der Waals surface area contributed by atoms with Crippen LogP contribution in [0.4, 0.5) is 0 Å². The van der Waals surface area contributed by atoms with Crippen molar-refractivity contribution in [3.63, 3.8) is 0 Å². The summed E-state index contributed by atoms with van der Waals surface area (Å²) in [6, 6.07) is 13.1. The van der Waals surface area contributed by atoms with Gasteiger partial charge in [-0.1, -0.05) is 12.1 Å². The average Bonchev–Trinajstić information content (AvgIpc) is 3.45. The van der Waals surface area contributed by atoms with Crippen LogP contribution in [0.1, 0.15) is 75.0 Å². The van der Waals surface area contributed by atoms with Crippen LogP contribution in [0.25, 0.3) is 0 Å². The molecule has 1 saturated carbocycles. The third-order valence-electron chi connectivity index (χ3n) is 9.93. The lowest BCUT2D eigenvalue weighted by molar-refractivity contribution is -0.132.